The smallest absolute Gasteiger partial charge is 0.318 e. The van der Waals surface area contributed by atoms with Crippen molar-refractivity contribution >= 4 is 11.9 Å². The second kappa shape index (κ2) is 6.46. The molecule has 5 heteroatoms. The van der Waals surface area contributed by atoms with Gasteiger partial charge in [-0.05, 0) is 44.1 Å². The molecule has 3 aliphatic rings. The first kappa shape index (κ1) is 15.5. The van der Waals surface area contributed by atoms with Crippen molar-refractivity contribution < 1.29 is 9.59 Å². The number of likely N-dealkylation sites (tertiary alicyclic amines) is 1. The highest BCUT2D eigenvalue weighted by molar-refractivity contribution is 5.89. The van der Waals surface area contributed by atoms with Crippen LogP contribution in [0.25, 0.3) is 0 Å². The molecule has 1 aromatic carbocycles. The van der Waals surface area contributed by atoms with E-state index in [0.717, 1.165) is 45.1 Å². The zero-order valence-corrected chi connectivity index (χ0v) is 14.0. The number of amides is 3. The second-order valence-corrected chi connectivity index (χ2v) is 7.21. The number of nitrogens with zero attached hydrogens (tertiary/aromatic N) is 2. The summed E-state index contributed by atoms with van der Waals surface area (Å²) in [6, 6.07) is 10.7. The Labute approximate surface area is 143 Å². The maximum absolute atomic E-state index is 12.7. The third kappa shape index (κ3) is 3.40. The van der Waals surface area contributed by atoms with Gasteiger partial charge in [-0.2, -0.15) is 0 Å². The van der Waals surface area contributed by atoms with Gasteiger partial charge in [-0.15, -0.1) is 0 Å². The third-order valence-corrected chi connectivity index (χ3v) is 5.26. The molecule has 4 rings (SSSR count). The van der Waals surface area contributed by atoms with Crippen LogP contribution in [0, 0.1) is 0 Å². The van der Waals surface area contributed by atoms with E-state index in [0.29, 0.717) is 18.6 Å². The number of hydrogen-bond donors (Lipinski definition) is 1. The molecule has 1 unspecified atom stereocenters. The minimum Gasteiger partial charge on any atom is -0.338 e. The summed E-state index contributed by atoms with van der Waals surface area (Å²) in [4.78, 5) is 29.0. The summed E-state index contributed by atoms with van der Waals surface area (Å²) in [5, 5.41) is 2.99. The normalized spacial score (nSPS) is 23.4. The Bertz CT molecular complexity index is 610. The highest BCUT2D eigenvalue weighted by Crippen LogP contribution is 2.31. The van der Waals surface area contributed by atoms with Crippen molar-refractivity contribution in [2.45, 2.75) is 56.7 Å². The Morgan fingerprint density at radius 2 is 1.88 bits per heavy atom. The van der Waals surface area contributed by atoms with E-state index in [-0.39, 0.29) is 18.0 Å². The van der Waals surface area contributed by atoms with Crippen LogP contribution in [0.4, 0.5) is 4.79 Å². The number of urea groups is 1. The van der Waals surface area contributed by atoms with Gasteiger partial charge in [0.2, 0.25) is 5.91 Å². The van der Waals surface area contributed by atoms with Crippen LogP contribution in [0.1, 0.15) is 37.7 Å². The van der Waals surface area contributed by atoms with E-state index < -0.39 is 0 Å². The van der Waals surface area contributed by atoms with Crippen molar-refractivity contribution in [2.24, 2.45) is 0 Å². The zero-order chi connectivity index (χ0) is 16.5. The average Bonchev–Trinajstić information content (AvgIpc) is 3.50. The van der Waals surface area contributed by atoms with Crippen LogP contribution < -0.4 is 5.32 Å². The highest BCUT2D eigenvalue weighted by atomic mass is 16.2. The fourth-order valence-electron chi connectivity index (χ4n) is 3.55. The van der Waals surface area contributed by atoms with E-state index in [1.54, 1.807) is 0 Å². The quantitative estimate of drug-likeness (QED) is 0.870. The number of carbonyl (C=O) groups excluding carboxylic acids is 2. The minimum atomic E-state index is -0.323. The van der Waals surface area contributed by atoms with Gasteiger partial charge in [0.15, 0.2) is 0 Å². The molecule has 24 heavy (non-hydrogen) atoms. The molecule has 1 heterocycles. The van der Waals surface area contributed by atoms with E-state index in [1.807, 2.05) is 28.0 Å². The zero-order valence-electron chi connectivity index (χ0n) is 14.0. The first-order valence-electron chi connectivity index (χ1n) is 9.14. The molecule has 5 nitrogen and oxygen atoms in total. The van der Waals surface area contributed by atoms with Crippen LogP contribution in [0.15, 0.2) is 30.3 Å². The summed E-state index contributed by atoms with van der Waals surface area (Å²) in [5.41, 5.74) is 1.24. The maximum atomic E-state index is 12.7. The molecule has 3 fully saturated rings. The first-order chi connectivity index (χ1) is 11.7. The highest BCUT2D eigenvalue weighted by Gasteiger charge is 2.42. The molecular formula is C19H25N3O2. The largest absolute Gasteiger partial charge is 0.338 e. The topological polar surface area (TPSA) is 52.7 Å². The molecular weight excluding hydrogens is 302 g/mol. The molecule has 2 saturated carbocycles. The van der Waals surface area contributed by atoms with Gasteiger partial charge in [-0.25, -0.2) is 4.79 Å². The van der Waals surface area contributed by atoms with Crippen molar-refractivity contribution in [1.29, 1.82) is 0 Å². The lowest BCUT2D eigenvalue weighted by Gasteiger charge is -2.25. The minimum absolute atomic E-state index is 0.0653. The third-order valence-electron chi connectivity index (χ3n) is 5.26. The SMILES string of the molecule is O=C(NC1CCN(C2CC2)C1=O)N(CCc1ccccc1)C1CC1. The molecule has 0 radical (unpaired) electrons. The molecule has 1 saturated heterocycles. The molecule has 0 aromatic heterocycles. The fraction of sp³-hybridized carbons (Fsp3) is 0.579. The number of benzene rings is 1. The van der Waals surface area contributed by atoms with Crippen molar-refractivity contribution in [3.8, 4) is 0 Å². The number of carbonyl (C=O) groups is 2. The van der Waals surface area contributed by atoms with Crippen molar-refractivity contribution in [3.05, 3.63) is 35.9 Å². The molecule has 3 amide bonds. The van der Waals surface area contributed by atoms with Gasteiger partial charge in [-0.1, -0.05) is 30.3 Å². The van der Waals surface area contributed by atoms with Crippen LogP contribution in [-0.2, 0) is 11.2 Å². The lowest BCUT2D eigenvalue weighted by atomic mass is 10.1. The lowest BCUT2D eigenvalue weighted by Crippen LogP contribution is -2.49. The van der Waals surface area contributed by atoms with Gasteiger partial charge >= 0.3 is 6.03 Å². The fourth-order valence-corrected chi connectivity index (χ4v) is 3.55. The van der Waals surface area contributed by atoms with E-state index in [1.165, 1.54) is 5.56 Å². The van der Waals surface area contributed by atoms with Gasteiger partial charge in [0.05, 0.1) is 0 Å². The summed E-state index contributed by atoms with van der Waals surface area (Å²) in [7, 11) is 0. The standard InChI is InChI=1S/C19H25N3O2/c23-18-17(11-13-21(18)15-6-7-15)20-19(24)22(16-8-9-16)12-10-14-4-2-1-3-5-14/h1-5,15-17H,6-13H2,(H,20,24). The Balaban J connectivity index is 1.33. The Kier molecular flexibility index (Phi) is 4.17. The number of rotatable bonds is 6. The van der Waals surface area contributed by atoms with Crippen molar-refractivity contribution in [3.63, 3.8) is 0 Å². The van der Waals surface area contributed by atoms with Gasteiger partial charge in [0, 0.05) is 25.2 Å². The molecule has 1 atom stereocenters. The molecule has 128 valence electrons. The predicted molar refractivity (Wildman–Crippen MR) is 91.5 cm³/mol. The van der Waals surface area contributed by atoms with Crippen LogP contribution in [0.5, 0.6) is 0 Å². The van der Waals surface area contributed by atoms with Crippen LogP contribution >= 0.6 is 0 Å². The molecule has 2 aliphatic carbocycles. The van der Waals surface area contributed by atoms with Crippen molar-refractivity contribution in [2.75, 3.05) is 13.1 Å². The molecule has 1 aromatic rings. The maximum Gasteiger partial charge on any atom is 0.318 e. The summed E-state index contributed by atoms with van der Waals surface area (Å²) < 4.78 is 0. The van der Waals surface area contributed by atoms with Crippen LogP contribution in [0.3, 0.4) is 0 Å². The van der Waals surface area contributed by atoms with E-state index in [4.69, 9.17) is 0 Å². The summed E-state index contributed by atoms with van der Waals surface area (Å²) >= 11 is 0. The van der Waals surface area contributed by atoms with Gasteiger partial charge < -0.3 is 15.1 Å². The van der Waals surface area contributed by atoms with E-state index >= 15 is 0 Å². The molecule has 0 bridgehead atoms. The number of nitrogens with one attached hydrogen (secondary N) is 1. The monoisotopic (exact) mass is 327 g/mol. The van der Waals surface area contributed by atoms with Gasteiger partial charge in [0.1, 0.15) is 6.04 Å². The summed E-state index contributed by atoms with van der Waals surface area (Å²) in [6.45, 7) is 1.51. The predicted octanol–water partition coefficient (Wildman–Crippen LogP) is 2.17. The molecule has 1 N–H and O–H groups in total. The molecule has 1 aliphatic heterocycles. The van der Waals surface area contributed by atoms with E-state index in [9.17, 15) is 9.59 Å². The van der Waals surface area contributed by atoms with Crippen molar-refractivity contribution in [1.82, 2.24) is 15.1 Å². The van der Waals surface area contributed by atoms with Gasteiger partial charge in [0.25, 0.3) is 0 Å². The van der Waals surface area contributed by atoms with Crippen LogP contribution in [-0.4, -0.2) is 53.0 Å². The Hall–Kier alpha value is -2.04. The number of hydrogen-bond acceptors (Lipinski definition) is 2. The van der Waals surface area contributed by atoms with E-state index in [2.05, 4.69) is 17.4 Å². The second-order valence-electron chi connectivity index (χ2n) is 7.21. The summed E-state index contributed by atoms with van der Waals surface area (Å²) in [6.07, 6.45) is 6.01. The average molecular weight is 327 g/mol. The molecule has 0 spiro atoms. The Morgan fingerprint density at radius 3 is 2.54 bits per heavy atom. The van der Waals surface area contributed by atoms with Crippen LogP contribution in [0.2, 0.25) is 0 Å². The first-order valence-corrected chi connectivity index (χ1v) is 9.14. The summed E-state index contributed by atoms with van der Waals surface area (Å²) in [5.74, 6) is 0.115. The van der Waals surface area contributed by atoms with Gasteiger partial charge in [-0.3, -0.25) is 4.79 Å². The lowest BCUT2D eigenvalue weighted by molar-refractivity contribution is -0.129. The Morgan fingerprint density at radius 1 is 1.12 bits per heavy atom.